The minimum Gasteiger partial charge on any atom is -0.508 e. The fraction of sp³-hybridized carbons (Fsp3) is 0.527. The molecular weight excluding hydrogens is 1240 g/mol. The Morgan fingerprint density at radius 2 is 1.07 bits per heavy atom. The number of thiol groups is 4. The smallest absolute Gasteiger partial charge is 0.305 e. The molecule has 12 atom stereocenters. The molecule has 30 nitrogen and oxygen atoms in total. The van der Waals surface area contributed by atoms with Crippen molar-refractivity contribution in [1.82, 2.24) is 58.1 Å². The van der Waals surface area contributed by atoms with Gasteiger partial charge in [-0.3, -0.25) is 62.3 Å². The Hall–Kier alpha value is -7.82. The number of aldehydes is 1. The van der Waals surface area contributed by atoms with E-state index in [0.29, 0.717) is 17.4 Å². The van der Waals surface area contributed by atoms with E-state index in [-0.39, 0.29) is 73.8 Å². The molecule has 1 heterocycles. The Morgan fingerprint density at radius 1 is 0.607 bits per heavy atom. The minimum atomic E-state index is -1.71. The summed E-state index contributed by atoms with van der Waals surface area (Å²) in [6, 6.07) is -2.45. The Morgan fingerprint density at radius 3 is 1.56 bits per heavy atom. The van der Waals surface area contributed by atoms with Crippen LogP contribution in [0.25, 0.3) is 0 Å². The standard InChI is InChI=1S/C55H78N12O18S4/c1-27(7-16-44(74)85-4)46(75)61-35(19-31-10-14-34(71)15-11-31)48(77)64-39(25-88)51(80)65-38(24-87)50(79)62-36(20-42(56)72)55(84)67-17-5-6-41(67)53(82)58-28(2)47(76)63-40(26-89)52(81)66-45(29(3)69)54(83)57-21-43(73)60-37(23-86)49(78)59-32(22-68)18-30-8-12-33(70)13-9-30/h8-15,22,27-29,32,35-41,45,69-71,86-89H,5-7,16-21,23-26H2,1-4H3,(H2,56,72)(H,57,83)(H,58,82)(H,59,78)(H,60,73)(H,61,75)(H,62,79)(H,63,76)(H,64,77)(H,65,80)(H,66,81)/t27?,28?,29-,32+,35+,36+,37?,38+,39+,40+,41+,45+/m1/s1. The number of likely N-dealkylation sites (tertiary alicyclic amines) is 1. The molecule has 2 aromatic carbocycles. The van der Waals surface area contributed by atoms with Crippen molar-refractivity contribution in [2.75, 3.05) is 43.2 Å². The van der Waals surface area contributed by atoms with Crippen molar-refractivity contribution in [2.45, 2.75) is 132 Å². The Balaban J connectivity index is 1.62. The number of methoxy groups -OCH3 is 1. The lowest BCUT2D eigenvalue weighted by molar-refractivity contribution is -0.143. The third-order valence-corrected chi connectivity index (χ3v) is 15.2. The van der Waals surface area contributed by atoms with Crippen LogP contribution in [0.3, 0.4) is 0 Å². The zero-order chi connectivity index (χ0) is 66.7. The number of hydrogen-bond donors (Lipinski definition) is 18. The van der Waals surface area contributed by atoms with Crippen LogP contribution in [0.15, 0.2) is 48.5 Å². The molecule has 1 saturated heterocycles. The summed E-state index contributed by atoms with van der Waals surface area (Å²) in [6.45, 7) is 3.11. The Bertz CT molecular complexity index is 2840. The number of phenolic OH excluding ortho intramolecular Hbond substituents is 2. The van der Waals surface area contributed by atoms with Crippen LogP contribution in [0.4, 0.5) is 0 Å². The lowest BCUT2D eigenvalue weighted by atomic mass is 10.0. The van der Waals surface area contributed by atoms with E-state index in [1.165, 1.54) is 57.4 Å². The maximum Gasteiger partial charge on any atom is 0.305 e. The minimum absolute atomic E-state index is 0.000190. The number of rotatable bonds is 36. The highest BCUT2D eigenvalue weighted by molar-refractivity contribution is 7.80. The largest absolute Gasteiger partial charge is 0.508 e. The number of phenols is 2. The number of nitrogens with zero attached hydrogens (tertiary/aromatic N) is 1. The van der Waals surface area contributed by atoms with Crippen LogP contribution >= 0.6 is 50.5 Å². The molecule has 1 aliphatic rings. The van der Waals surface area contributed by atoms with Crippen LogP contribution in [0.5, 0.6) is 11.5 Å². The number of esters is 1. The van der Waals surface area contributed by atoms with E-state index < -0.39 is 168 Å². The van der Waals surface area contributed by atoms with Crippen molar-refractivity contribution in [2.24, 2.45) is 11.7 Å². The molecule has 0 saturated carbocycles. The van der Waals surface area contributed by atoms with Gasteiger partial charge in [-0.15, -0.1) is 0 Å². The topological polar surface area (TPSA) is 458 Å². The number of ether oxygens (including phenoxy) is 1. The number of carbonyl (C=O) groups excluding carboxylic acids is 14. The van der Waals surface area contributed by atoms with Gasteiger partial charge in [0.15, 0.2) is 0 Å². The average molecular weight is 1320 g/mol. The monoisotopic (exact) mass is 1320 g/mol. The van der Waals surface area contributed by atoms with Crippen LogP contribution in [0.1, 0.15) is 64.0 Å². The first-order valence-electron chi connectivity index (χ1n) is 27.9. The number of carbonyl (C=O) groups is 14. The fourth-order valence-corrected chi connectivity index (χ4v) is 9.64. The summed E-state index contributed by atoms with van der Waals surface area (Å²) < 4.78 is 4.64. The molecule has 0 spiro atoms. The highest BCUT2D eigenvalue weighted by Gasteiger charge is 2.41. The maximum atomic E-state index is 14.1. The first-order valence-corrected chi connectivity index (χ1v) is 30.4. The lowest BCUT2D eigenvalue weighted by Gasteiger charge is -2.30. The van der Waals surface area contributed by atoms with Gasteiger partial charge in [-0.25, -0.2) is 0 Å². The van der Waals surface area contributed by atoms with Gasteiger partial charge in [0.25, 0.3) is 0 Å². The van der Waals surface area contributed by atoms with E-state index in [2.05, 4.69) is 108 Å². The van der Waals surface area contributed by atoms with Gasteiger partial charge in [0.05, 0.1) is 32.2 Å². The zero-order valence-electron chi connectivity index (χ0n) is 49.1. The van der Waals surface area contributed by atoms with Crippen molar-refractivity contribution in [1.29, 1.82) is 0 Å². The number of benzene rings is 2. The molecule has 2 aromatic rings. The van der Waals surface area contributed by atoms with Crippen LogP contribution in [-0.2, 0) is 84.7 Å². The normalized spacial score (nSPS) is 16.4. The maximum absolute atomic E-state index is 14.1. The van der Waals surface area contributed by atoms with Crippen molar-refractivity contribution >= 4 is 134 Å². The third-order valence-electron chi connectivity index (χ3n) is 13.7. The van der Waals surface area contributed by atoms with Crippen LogP contribution in [-0.4, -0.2) is 213 Å². The van der Waals surface area contributed by atoms with Gasteiger partial charge in [-0.05, 0) is 74.9 Å². The highest BCUT2D eigenvalue weighted by atomic mass is 32.1. The number of aliphatic hydroxyl groups excluding tert-OH is 1. The fourth-order valence-electron chi connectivity index (χ4n) is 8.61. The lowest BCUT2D eigenvalue weighted by Crippen LogP contribution is -2.61. The number of hydrogen-bond acceptors (Lipinski definition) is 22. The van der Waals surface area contributed by atoms with Gasteiger partial charge in [-0.1, -0.05) is 31.2 Å². The van der Waals surface area contributed by atoms with E-state index in [1.54, 1.807) is 12.1 Å². The number of aromatic hydroxyl groups is 2. The van der Waals surface area contributed by atoms with Crippen LogP contribution in [0.2, 0.25) is 0 Å². The van der Waals surface area contributed by atoms with Gasteiger partial charge in [0, 0.05) is 48.3 Å². The quantitative estimate of drug-likeness (QED) is 0.0173. The van der Waals surface area contributed by atoms with Gasteiger partial charge >= 0.3 is 5.97 Å². The summed E-state index contributed by atoms with van der Waals surface area (Å²) in [5.41, 5.74) is 6.61. The summed E-state index contributed by atoms with van der Waals surface area (Å²) in [6.07, 6.45) is -1.61. The summed E-state index contributed by atoms with van der Waals surface area (Å²) in [5.74, 6) is -13.7. The second-order valence-electron chi connectivity index (χ2n) is 20.7. The van der Waals surface area contributed by atoms with Gasteiger partial charge in [-0.2, -0.15) is 50.5 Å². The molecule has 1 fully saturated rings. The zero-order valence-corrected chi connectivity index (χ0v) is 52.7. The molecule has 34 heteroatoms. The van der Waals surface area contributed by atoms with Crippen molar-refractivity contribution in [3.8, 4) is 11.5 Å². The molecule has 15 N–H and O–H groups in total. The molecule has 490 valence electrons. The molecule has 0 radical (unpaired) electrons. The van der Waals surface area contributed by atoms with E-state index in [9.17, 15) is 82.4 Å². The number of nitrogens with one attached hydrogen (secondary N) is 10. The molecule has 3 unspecified atom stereocenters. The van der Waals surface area contributed by atoms with E-state index >= 15 is 0 Å². The second kappa shape index (κ2) is 37.9. The second-order valence-corrected chi connectivity index (χ2v) is 22.2. The van der Waals surface area contributed by atoms with Crippen molar-refractivity contribution < 1.29 is 87.2 Å². The predicted molar refractivity (Wildman–Crippen MR) is 332 cm³/mol. The first kappa shape index (κ1) is 75.4. The Labute approximate surface area is 534 Å². The summed E-state index contributed by atoms with van der Waals surface area (Å²) in [5, 5.41) is 53.9. The molecule has 1 aliphatic heterocycles. The van der Waals surface area contributed by atoms with Crippen molar-refractivity contribution in [3.63, 3.8) is 0 Å². The number of amides is 12. The summed E-state index contributed by atoms with van der Waals surface area (Å²) in [7, 11) is 1.20. The molecular formula is C55H78N12O18S4. The molecule has 3 rings (SSSR count). The van der Waals surface area contributed by atoms with Gasteiger partial charge < -0.3 is 88.7 Å². The molecule has 89 heavy (non-hydrogen) atoms. The van der Waals surface area contributed by atoms with Gasteiger partial charge in [0.1, 0.15) is 72.2 Å². The molecule has 12 amide bonds. The number of primary amides is 1. The summed E-state index contributed by atoms with van der Waals surface area (Å²) >= 11 is 16.6. The highest BCUT2D eigenvalue weighted by Crippen LogP contribution is 2.21. The van der Waals surface area contributed by atoms with E-state index in [1.807, 2.05) is 0 Å². The van der Waals surface area contributed by atoms with Crippen molar-refractivity contribution in [3.05, 3.63) is 59.7 Å². The first-order chi connectivity index (χ1) is 42.1. The molecule has 0 bridgehead atoms. The van der Waals surface area contributed by atoms with Crippen LogP contribution in [0, 0.1) is 5.92 Å². The third kappa shape index (κ3) is 24.9. The molecule has 0 aromatic heterocycles. The van der Waals surface area contributed by atoms with Gasteiger partial charge in [0.2, 0.25) is 70.9 Å². The Kier molecular flexibility index (Phi) is 32.1. The SMILES string of the molecule is COC(=O)CCC(C)C(=O)N[C@@H](Cc1ccc(O)cc1)C(=O)N[C@@H](CS)C(=O)N[C@@H](CS)C(=O)N[C@@H](CC(N)=O)C(=O)N1CCC[C@H]1C(=O)NC(C)C(=O)N[C@@H](CS)C(=O)N[C@H](C(=O)NCC(=O)NC(CS)C(=O)N[C@H](C=O)Cc1ccc(O)cc1)[C@@H](C)O. The number of nitrogens with two attached hydrogens (primary N) is 1. The molecule has 0 aliphatic carbocycles. The number of aliphatic hydroxyl groups is 1. The van der Waals surface area contributed by atoms with Crippen LogP contribution < -0.4 is 58.9 Å². The summed E-state index contributed by atoms with van der Waals surface area (Å²) in [4.78, 5) is 185. The van der Waals surface area contributed by atoms with E-state index in [0.717, 1.165) is 11.8 Å². The average Bonchev–Trinajstić information content (AvgIpc) is 4.18. The van der Waals surface area contributed by atoms with E-state index in [4.69, 9.17) is 5.73 Å². The predicted octanol–water partition coefficient (Wildman–Crippen LogP) is -4.86.